The lowest BCUT2D eigenvalue weighted by molar-refractivity contribution is 0.382. The zero-order chi connectivity index (χ0) is 24.7. The van der Waals surface area contributed by atoms with Gasteiger partial charge in [0.25, 0.3) is 5.56 Å². The fourth-order valence-corrected chi connectivity index (χ4v) is 5.48. The summed E-state index contributed by atoms with van der Waals surface area (Å²) in [5.41, 5.74) is 0.543. The SMILES string of the molecule is Cc1ccc(S(=O)(=O)N2CCN(c3nc4c(ncn4Cc4c(F)cccc4F)c(=O)[nH]3)CC2)cc1. The summed E-state index contributed by atoms with van der Waals surface area (Å²) in [4.78, 5) is 25.8. The van der Waals surface area contributed by atoms with E-state index in [9.17, 15) is 22.0 Å². The van der Waals surface area contributed by atoms with Crippen molar-refractivity contribution < 1.29 is 17.2 Å². The van der Waals surface area contributed by atoms with Gasteiger partial charge in [0.15, 0.2) is 11.2 Å². The van der Waals surface area contributed by atoms with Crippen molar-refractivity contribution in [3.8, 4) is 0 Å². The molecule has 9 nitrogen and oxygen atoms in total. The lowest BCUT2D eigenvalue weighted by Gasteiger charge is -2.34. The smallest absolute Gasteiger partial charge is 0.280 e. The first-order valence-corrected chi connectivity index (χ1v) is 12.4. The van der Waals surface area contributed by atoms with Crippen LogP contribution < -0.4 is 10.5 Å². The fraction of sp³-hybridized carbons (Fsp3) is 0.261. The van der Waals surface area contributed by atoms with Crippen LogP contribution in [0, 0.1) is 18.6 Å². The van der Waals surface area contributed by atoms with Crippen molar-refractivity contribution in [2.75, 3.05) is 31.1 Å². The number of rotatable bonds is 5. The van der Waals surface area contributed by atoms with Gasteiger partial charge in [0, 0.05) is 31.7 Å². The number of aryl methyl sites for hydroxylation is 1. The molecule has 5 rings (SSSR count). The molecule has 0 bridgehead atoms. The second-order valence-electron chi connectivity index (χ2n) is 8.34. The van der Waals surface area contributed by atoms with E-state index in [4.69, 9.17) is 0 Å². The maximum atomic E-state index is 14.1. The summed E-state index contributed by atoms with van der Waals surface area (Å²) < 4.78 is 57.0. The zero-order valence-corrected chi connectivity index (χ0v) is 19.6. The van der Waals surface area contributed by atoms with Crippen LogP contribution in [0.5, 0.6) is 0 Å². The molecule has 1 saturated heterocycles. The minimum atomic E-state index is -3.64. The molecule has 0 aliphatic carbocycles. The number of imidazole rings is 1. The number of H-pyrrole nitrogens is 1. The van der Waals surface area contributed by atoms with Gasteiger partial charge in [-0.1, -0.05) is 23.8 Å². The summed E-state index contributed by atoms with van der Waals surface area (Å²) in [5, 5.41) is 0. The maximum Gasteiger partial charge on any atom is 0.280 e. The summed E-state index contributed by atoms with van der Waals surface area (Å²) >= 11 is 0. The summed E-state index contributed by atoms with van der Waals surface area (Å²) in [5.74, 6) is -1.17. The third-order valence-electron chi connectivity index (χ3n) is 6.05. The van der Waals surface area contributed by atoms with E-state index in [0.29, 0.717) is 13.1 Å². The van der Waals surface area contributed by atoms with Crippen LogP contribution in [0.25, 0.3) is 11.2 Å². The highest BCUT2D eigenvalue weighted by molar-refractivity contribution is 7.89. The molecule has 0 saturated carbocycles. The van der Waals surface area contributed by atoms with Gasteiger partial charge in [-0.25, -0.2) is 22.2 Å². The average molecular weight is 501 g/mol. The number of hydrogen-bond donors (Lipinski definition) is 1. The van der Waals surface area contributed by atoms with Crippen molar-refractivity contribution in [1.29, 1.82) is 0 Å². The molecule has 2 aromatic carbocycles. The first-order chi connectivity index (χ1) is 16.7. The van der Waals surface area contributed by atoms with Crippen LogP contribution in [-0.4, -0.2) is 58.4 Å². The van der Waals surface area contributed by atoms with Crippen molar-refractivity contribution in [1.82, 2.24) is 23.8 Å². The standard InChI is InChI=1S/C23H22F2N6O3S/c1-15-5-7-16(8-6-15)35(33,34)31-11-9-29(10-12-31)23-27-21-20(22(32)28-23)26-14-30(21)13-17-18(24)3-2-4-19(17)25/h2-8,14H,9-13H2,1H3,(H,27,28,32). The Morgan fingerprint density at radius 2 is 1.66 bits per heavy atom. The number of fused-ring (bicyclic) bond motifs is 1. The third kappa shape index (κ3) is 4.30. The molecular formula is C23H22F2N6O3S. The Morgan fingerprint density at radius 3 is 2.31 bits per heavy atom. The molecule has 0 amide bonds. The molecule has 0 spiro atoms. The first kappa shape index (κ1) is 23.1. The minimum absolute atomic E-state index is 0.0473. The Kier molecular flexibility index (Phi) is 5.85. The van der Waals surface area contributed by atoms with Gasteiger partial charge < -0.3 is 9.47 Å². The number of aromatic nitrogens is 4. The number of hydrogen-bond acceptors (Lipinski definition) is 6. The topological polar surface area (TPSA) is 104 Å². The molecule has 3 heterocycles. The first-order valence-electron chi connectivity index (χ1n) is 10.9. The highest BCUT2D eigenvalue weighted by Gasteiger charge is 2.29. The van der Waals surface area contributed by atoms with E-state index in [1.54, 1.807) is 29.2 Å². The summed E-state index contributed by atoms with van der Waals surface area (Å²) in [6, 6.07) is 10.3. The summed E-state index contributed by atoms with van der Waals surface area (Å²) in [7, 11) is -3.64. The Balaban J connectivity index is 1.39. The average Bonchev–Trinajstić information content (AvgIpc) is 3.25. The monoisotopic (exact) mass is 500 g/mol. The van der Waals surface area contributed by atoms with Crippen LogP contribution >= 0.6 is 0 Å². The predicted molar refractivity (Wildman–Crippen MR) is 126 cm³/mol. The molecule has 35 heavy (non-hydrogen) atoms. The van der Waals surface area contributed by atoms with Crippen LogP contribution in [0.4, 0.5) is 14.7 Å². The lowest BCUT2D eigenvalue weighted by atomic mass is 10.2. The molecule has 1 N–H and O–H groups in total. The van der Waals surface area contributed by atoms with Gasteiger partial charge in [-0.2, -0.15) is 9.29 Å². The predicted octanol–water partition coefficient (Wildman–Crippen LogP) is 2.27. The van der Waals surface area contributed by atoms with Gasteiger partial charge >= 0.3 is 0 Å². The fourth-order valence-electron chi connectivity index (χ4n) is 4.06. The van der Waals surface area contributed by atoms with Gasteiger partial charge in [0.05, 0.1) is 17.8 Å². The van der Waals surface area contributed by atoms with E-state index in [1.807, 2.05) is 6.92 Å². The van der Waals surface area contributed by atoms with Gasteiger partial charge in [-0.05, 0) is 31.2 Å². The quantitative estimate of drug-likeness (QED) is 0.451. The maximum absolute atomic E-state index is 14.1. The molecule has 0 radical (unpaired) electrons. The van der Waals surface area contributed by atoms with Crippen molar-refractivity contribution in [2.45, 2.75) is 18.4 Å². The molecule has 1 aliphatic heterocycles. The van der Waals surface area contributed by atoms with Crippen molar-refractivity contribution in [3.63, 3.8) is 0 Å². The number of piperazine rings is 1. The number of benzene rings is 2. The van der Waals surface area contributed by atoms with Crippen LogP contribution in [0.15, 0.2) is 58.5 Å². The van der Waals surface area contributed by atoms with E-state index in [2.05, 4.69) is 15.0 Å². The van der Waals surface area contributed by atoms with Gasteiger partial charge in [0.1, 0.15) is 11.6 Å². The highest BCUT2D eigenvalue weighted by Crippen LogP contribution is 2.21. The van der Waals surface area contributed by atoms with Gasteiger partial charge in [-0.15, -0.1) is 0 Å². The zero-order valence-electron chi connectivity index (χ0n) is 18.8. The Bertz CT molecular complexity index is 1540. The Hall–Kier alpha value is -3.64. The molecular weight excluding hydrogens is 478 g/mol. The van der Waals surface area contributed by atoms with Crippen molar-refractivity contribution >= 4 is 27.1 Å². The number of nitrogens with one attached hydrogen (secondary N) is 1. The Labute approximate surface area is 199 Å². The third-order valence-corrected chi connectivity index (χ3v) is 7.96. The summed E-state index contributed by atoms with van der Waals surface area (Å²) in [6.45, 7) is 2.71. The van der Waals surface area contributed by atoms with Crippen LogP contribution in [0.1, 0.15) is 11.1 Å². The highest BCUT2D eigenvalue weighted by atomic mass is 32.2. The molecule has 12 heteroatoms. The molecule has 0 unspecified atom stereocenters. The summed E-state index contributed by atoms with van der Waals surface area (Å²) in [6.07, 6.45) is 1.31. The van der Waals surface area contributed by atoms with E-state index in [0.717, 1.165) is 17.7 Å². The number of aromatic amines is 1. The largest absolute Gasteiger partial charge is 0.340 e. The number of nitrogens with zero attached hydrogens (tertiary/aromatic N) is 5. The molecule has 2 aromatic heterocycles. The van der Waals surface area contributed by atoms with Crippen molar-refractivity contribution in [3.05, 3.63) is 81.9 Å². The molecule has 0 atom stereocenters. The van der Waals surface area contributed by atoms with Crippen LogP contribution in [-0.2, 0) is 16.6 Å². The van der Waals surface area contributed by atoms with E-state index >= 15 is 0 Å². The number of halogens is 2. The molecule has 1 fully saturated rings. The van der Waals surface area contributed by atoms with Gasteiger partial charge in [0.2, 0.25) is 16.0 Å². The van der Waals surface area contributed by atoms with E-state index < -0.39 is 27.2 Å². The van der Waals surface area contributed by atoms with E-state index in [-0.39, 0.29) is 47.2 Å². The van der Waals surface area contributed by atoms with Crippen molar-refractivity contribution in [2.24, 2.45) is 0 Å². The number of anilines is 1. The van der Waals surface area contributed by atoms with E-state index in [1.165, 1.54) is 21.3 Å². The molecule has 1 aliphatic rings. The Morgan fingerprint density at radius 1 is 1.00 bits per heavy atom. The van der Waals surface area contributed by atoms with Crippen LogP contribution in [0.2, 0.25) is 0 Å². The molecule has 4 aromatic rings. The second kappa shape index (κ2) is 8.86. The lowest BCUT2D eigenvalue weighted by Crippen LogP contribution is -2.49. The van der Waals surface area contributed by atoms with Gasteiger partial charge in [-0.3, -0.25) is 9.78 Å². The second-order valence-corrected chi connectivity index (χ2v) is 10.3. The molecule has 182 valence electrons. The van der Waals surface area contributed by atoms with Crippen LogP contribution in [0.3, 0.4) is 0 Å². The normalized spacial score (nSPS) is 15.1. The number of sulfonamides is 1. The minimum Gasteiger partial charge on any atom is -0.340 e.